The molecule has 6 aromatic rings. The Balaban J connectivity index is 1.39. The van der Waals surface area contributed by atoms with Crippen molar-refractivity contribution in [3.8, 4) is 11.1 Å². The molecule has 0 unspecified atom stereocenters. The average molecular weight is 527 g/mol. The van der Waals surface area contributed by atoms with Gasteiger partial charge in [0.2, 0.25) is 0 Å². The lowest BCUT2D eigenvalue weighted by Crippen LogP contribution is -2.27. The third-order valence-corrected chi connectivity index (χ3v) is 7.09. The summed E-state index contributed by atoms with van der Waals surface area (Å²) < 4.78 is 1.86. The molecular formula is C33H26N4O3. The summed E-state index contributed by atoms with van der Waals surface area (Å²) in [7, 11) is 0. The van der Waals surface area contributed by atoms with Crippen LogP contribution in [0.5, 0.6) is 0 Å². The number of hydrogen-bond donors (Lipinski definition) is 2. The maximum absolute atomic E-state index is 13.8. The highest BCUT2D eigenvalue weighted by atomic mass is 16.4. The number of nitrogens with zero attached hydrogens (tertiary/aromatic N) is 3. The molecule has 6 rings (SSSR count). The molecule has 0 saturated carbocycles. The van der Waals surface area contributed by atoms with E-state index in [0.717, 1.165) is 44.1 Å². The van der Waals surface area contributed by atoms with Crippen LogP contribution < -0.4 is 5.32 Å². The smallest absolute Gasteiger partial charge is 0.335 e. The Bertz CT molecular complexity index is 1860. The lowest BCUT2D eigenvalue weighted by molar-refractivity contribution is 0.0696. The molecule has 0 aliphatic rings. The van der Waals surface area contributed by atoms with Crippen molar-refractivity contribution in [2.45, 2.75) is 19.5 Å². The molecule has 0 aliphatic carbocycles. The Hall–Kier alpha value is -5.30. The van der Waals surface area contributed by atoms with Crippen LogP contribution in [0.4, 0.5) is 0 Å². The Morgan fingerprint density at radius 1 is 0.875 bits per heavy atom. The minimum absolute atomic E-state index is 0.201. The van der Waals surface area contributed by atoms with E-state index in [1.165, 1.54) is 0 Å². The summed E-state index contributed by atoms with van der Waals surface area (Å²) >= 11 is 0. The van der Waals surface area contributed by atoms with Gasteiger partial charge in [0, 0.05) is 17.0 Å². The number of carboxylic acid groups (broad SMARTS) is 1. The predicted octanol–water partition coefficient (Wildman–Crippen LogP) is 6.49. The first-order chi connectivity index (χ1) is 19.5. The van der Waals surface area contributed by atoms with Gasteiger partial charge in [0.15, 0.2) is 0 Å². The minimum Gasteiger partial charge on any atom is -0.478 e. The zero-order valence-electron chi connectivity index (χ0n) is 21.8. The Morgan fingerprint density at radius 2 is 1.68 bits per heavy atom. The van der Waals surface area contributed by atoms with E-state index in [9.17, 15) is 14.7 Å². The molecule has 0 spiro atoms. The first kappa shape index (κ1) is 25.0. The third kappa shape index (κ3) is 4.92. The average Bonchev–Trinajstić information content (AvgIpc) is 3.39. The molecule has 0 fully saturated rings. The van der Waals surface area contributed by atoms with Crippen LogP contribution in [0, 0.1) is 0 Å². The summed E-state index contributed by atoms with van der Waals surface area (Å²) in [5.41, 5.74) is 6.13. The Morgan fingerprint density at radius 3 is 2.45 bits per heavy atom. The molecule has 2 aromatic heterocycles. The Labute approximate surface area is 230 Å². The summed E-state index contributed by atoms with van der Waals surface area (Å²) in [6.45, 7) is 2.36. The van der Waals surface area contributed by atoms with E-state index in [1.54, 1.807) is 36.7 Å². The number of benzene rings is 4. The van der Waals surface area contributed by atoms with Crippen molar-refractivity contribution >= 4 is 33.7 Å². The molecule has 7 heteroatoms. The summed E-state index contributed by atoms with van der Waals surface area (Å²) in [4.78, 5) is 29.5. The molecule has 0 aliphatic heterocycles. The standard InChI is InChI=1S/C33H26N4O3/c1-21(23-11-13-26(14-12-23)33(39)40)36-32(38)29-18-27(24-6-3-2-4-7-24)17-28-19-35-37(31(28)29)20-22-9-10-25-8-5-15-34-30(25)16-22/h2-19,21H,20H2,1H3,(H,36,38)(H,39,40)/t21-/m0/s1. The summed E-state index contributed by atoms with van der Waals surface area (Å²) in [6.07, 6.45) is 3.57. The lowest BCUT2D eigenvalue weighted by Gasteiger charge is -2.17. The van der Waals surface area contributed by atoms with Crippen LogP contribution in [-0.2, 0) is 6.54 Å². The normalized spacial score (nSPS) is 11.9. The summed E-state index contributed by atoms with van der Waals surface area (Å²) in [6, 6.07) is 30.2. The molecule has 196 valence electrons. The Kier molecular flexibility index (Phi) is 6.54. The van der Waals surface area contributed by atoms with Gasteiger partial charge in [-0.15, -0.1) is 0 Å². The number of aromatic carboxylic acids is 1. The number of carboxylic acids is 1. The van der Waals surface area contributed by atoms with E-state index in [-0.39, 0.29) is 17.5 Å². The largest absolute Gasteiger partial charge is 0.478 e. The number of carbonyl (C=O) groups excluding carboxylic acids is 1. The van der Waals surface area contributed by atoms with Crippen LogP contribution in [0.2, 0.25) is 0 Å². The van der Waals surface area contributed by atoms with Gasteiger partial charge < -0.3 is 10.4 Å². The SMILES string of the molecule is C[C@H](NC(=O)c1cc(-c2ccccc2)cc2cnn(Cc3ccc4cccnc4c3)c12)c1ccc(C(=O)O)cc1. The van der Waals surface area contributed by atoms with Crippen LogP contribution in [-0.4, -0.2) is 31.7 Å². The number of hydrogen-bond acceptors (Lipinski definition) is 4. The number of rotatable bonds is 7. The maximum Gasteiger partial charge on any atom is 0.335 e. The number of aromatic nitrogens is 3. The number of carbonyl (C=O) groups is 2. The van der Waals surface area contributed by atoms with Gasteiger partial charge in [-0.2, -0.15) is 5.10 Å². The summed E-state index contributed by atoms with van der Waals surface area (Å²) in [5.74, 6) is -1.22. The lowest BCUT2D eigenvalue weighted by atomic mass is 9.99. The fraction of sp³-hybridized carbons (Fsp3) is 0.0909. The molecule has 2 N–H and O–H groups in total. The first-order valence-corrected chi connectivity index (χ1v) is 13.0. The van der Waals surface area contributed by atoms with Gasteiger partial charge in [-0.3, -0.25) is 14.5 Å². The van der Waals surface area contributed by atoms with Gasteiger partial charge in [-0.1, -0.05) is 60.7 Å². The monoisotopic (exact) mass is 526 g/mol. The van der Waals surface area contributed by atoms with E-state index in [1.807, 2.05) is 72.3 Å². The van der Waals surface area contributed by atoms with E-state index in [4.69, 9.17) is 0 Å². The summed E-state index contributed by atoms with van der Waals surface area (Å²) in [5, 5.41) is 18.9. The molecule has 2 heterocycles. The highest BCUT2D eigenvalue weighted by Crippen LogP contribution is 2.29. The van der Waals surface area contributed by atoms with Crippen LogP contribution in [0.25, 0.3) is 32.9 Å². The quantitative estimate of drug-likeness (QED) is 0.248. The highest BCUT2D eigenvalue weighted by molar-refractivity contribution is 6.07. The van der Waals surface area contributed by atoms with E-state index in [0.29, 0.717) is 12.1 Å². The molecule has 40 heavy (non-hydrogen) atoms. The van der Waals surface area contributed by atoms with E-state index in [2.05, 4.69) is 27.5 Å². The van der Waals surface area contributed by atoms with Crippen LogP contribution >= 0.6 is 0 Å². The van der Waals surface area contributed by atoms with E-state index >= 15 is 0 Å². The maximum atomic E-state index is 13.8. The number of amides is 1. The molecule has 1 atom stereocenters. The first-order valence-electron chi connectivity index (χ1n) is 13.0. The predicted molar refractivity (Wildman–Crippen MR) is 155 cm³/mol. The zero-order valence-corrected chi connectivity index (χ0v) is 21.8. The fourth-order valence-corrected chi connectivity index (χ4v) is 4.98. The van der Waals surface area contributed by atoms with Gasteiger partial charge in [-0.25, -0.2) is 4.79 Å². The van der Waals surface area contributed by atoms with Crippen molar-refractivity contribution < 1.29 is 14.7 Å². The van der Waals surface area contributed by atoms with Crippen LogP contribution in [0.15, 0.2) is 109 Å². The second kappa shape index (κ2) is 10.5. The zero-order chi connectivity index (χ0) is 27.6. The second-order valence-corrected chi connectivity index (χ2v) is 9.78. The molecule has 0 bridgehead atoms. The van der Waals surface area contributed by atoms with Crippen LogP contribution in [0.1, 0.15) is 44.8 Å². The molecule has 0 saturated heterocycles. The molecule has 7 nitrogen and oxygen atoms in total. The van der Waals surface area contributed by atoms with Gasteiger partial charge in [0.05, 0.1) is 40.9 Å². The fourth-order valence-electron chi connectivity index (χ4n) is 4.98. The van der Waals surface area contributed by atoms with Gasteiger partial charge >= 0.3 is 5.97 Å². The van der Waals surface area contributed by atoms with Gasteiger partial charge in [0.25, 0.3) is 5.91 Å². The number of fused-ring (bicyclic) bond motifs is 2. The topological polar surface area (TPSA) is 97.1 Å². The van der Waals surface area contributed by atoms with Crippen molar-refractivity contribution in [2.75, 3.05) is 0 Å². The minimum atomic E-state index is -0.987. The third-order valence-electron chi connectivity index (χ3n) is 7.09. The molecular weight excluding hydrogens is 500 g/mol. The van der Waals surface area contributed by atoms with Crippen molar-refractivity contribution in [3.63, 3.8) is 0 Å². The number of pyridine rings is 1. The van der Waals surface area contributed by atoms with Gasteiger partial charge in [0.1, 0.15) is 0 Å². The van der Waals surface area contributed by atoms with Gasteiger partial charge in [-0.05, 0) is 65.6 Å². The van der Waals surface area contributed by atoms with Crippen molar-refractivity contribution in [1.82, 2.24) is 20.1 Å². The second-order valence-electron chi connectivity index (χ2n) is 9.78. The molecule has 1 amide bonds. The van der Waals surface area contributed by atoms with Crippen LogP contribution in [0.3, 0.4) is 0 Å². The number of nitrogens with one attached hydrogen (secondary N) is 1. The van der Waals surface area contributed by atoms with Crippen molar-refractivity contribution in [1.29, 1.82) is 0 Å². The van der Waals surface area contributed by atoms with Crippen molar-refractivity contribution in [2.24, 2.45) is 0 Å². The highest BCUT2D eigenvalue weighted by Gasteiger charge is 2.20. The van der Waals surface area contributed by atoms with Crippen molar-refractivity contribution in [3.05, 3.63) is 132 Å². The molecule has 0 radical (unpaired) electrons. The molecule has 4 aromatic carbocycles. The van der Waals surface area contributed by atoms with E-state index < -0.39 is 5.97 Å².